The maximum atomic E-state index is 11.8. The zero-order valence-electron chi connectivity index (χ0n) is 12.8. The van der Waals surface area contributed by atoms with Crippen LogP contribution < -0.4 is 0 Å². The maximum absolute atomic E-state index is 11.8. The molecule has 0 atom stereocenters. The summed E-state index contributed by atoms with van der Waals surface area (Å²) in [5.74, 6) is -0.394. The fourth-order valence-corrected chi connectivity index (χ4v) is 2.16. The third kappa shape index (κ3) is 2.20. The molecule has 0 saturated heterocycles. The van der Waals surface area contributed by atoms with Crippen molar-refractivity contribution in [3.8, 4) is 0 Å². The molecular weight excluding hydrogens is 284 g/mol. The Labute approximate surface area is 127 Å². The van der Waals surface area contributed by atoms with Crippen molar-refractivity contribution in [1.29, 1.82) is 0 Å². The molecule has 3 rings (SSSR count). The van der Waals surface area contributed by atoms with Crippen molar-refractivity contribution >= 4 is 23.7 Å². The molecule has 2 heterocycles. The summed E-state index contributed by atoms with van der Waals surface area (Å²) in [5.41, 5.74) is -0.692. The van der Waals surface area contributed by atoms with Gasteiger partial charge in [0.2, 0.25) is 11.8 Å². The van der Waals surface area contributed by atoms with Gasteiger partial charge in [0.25, 0.3) is 0 Å². The lowest BCUT2D eigenvalue weighted by atomic mass is 10.1. The standard InChI is InChI=1S/C16H16N2O4/c1-15(2)13(19)21-11(17-15)9-7-5-6-8-10(9)12-18-16(3,4)14(20)22-12/h5-8H,1-4H3. The van der Waals surface area contributed by atoms with Crippen LogP contribution in [-0.2, 0) is 19.1 Å². The normalized spacial score (nSPS) is 22.0. The van der Waals surface area contributed by atoms with Crippen molar-refractivity contribution in [2.45, 2.75) is 38.8 Å². The summed E-state index contributed by atoms with van der Waals surface area (Å²) >= 11 is 0. The van der Waals surface area contributed by atoms with E-state index in [2.05, 4.69) is 9.98 Å². The van der Waals surface area contributed by atoms with Crippen LogP contribution in [-0.4, -0.2) is 34.8 Å². The second-order valence-corrected chi connectivity index (χ2v) is 6.28. The summed E-state index contributed by atoms with van der Waals surface area (Å²) in [4.78, 5) is 32.2. The van der Waals surface area contributed by atoms with Crippen LogP contribution in [0.2, 0.25) is 0 Å². The van der Waals surface area contributed by atoms with Crippen molar-refractivity contribution in [1.82, 2.24) is 0 Å². The summed E-state index contributed by atoms with van der Waals surface area (Å²) in [6.07, 6.45) is 0. The third-order valence-electron chi connectivity index (χ3n) is 3.53. The fraction of sp³-hybridized carbons (Fsp3) is 0.375. The number of benzene rings is 1. The molecule has 0 N–H and O–H groups in total. The molecule has 2 aliphatic heterocycles. The van der Waals surface area contributed by atoms with Crippen molar-refractivity contribution in [3.63, 3.8) is 0 Å². The van der Waals surface area contributed by atoms with E-state index in [1.165, 1.54) is 0 Å². The number of nitrogens with zero attached hydrogens (tertiary/aromatic N) is 2. The number of hydrogen-bond donors (Lipinski definition) is 0. The average Bonchev–Trinajstić information content (AvgIpc) is 2.86. The molecule has 1 aromatic carbocycles. The van der Waals surface area contributed by atoms with Gasteiger partial charge < -0.3 is 9.47 Å². The summed E-state index contributed by atoms with van der Waals surface area (Å²) < 4.78 is 10.5. The number of carbonyl (C=O) groups is 2. The molecule has 2 aliphatic rings. The minimum absolute atomic E-state index is 0.217. The monoisotopic (exact) mass is 300 g/mol. The average molecular weight is 300 g/mol. The number of carbonyl (C=O) groups excluding carboxylic acids is 2. The van der Waals surface area contributed by atoms with Crippen LogP contribution in [0.15, 0.2) is 34.3 Å². The van der Waals surface area contributed by atoms with Gasteiger partial charge in [0, 0.05) is 11.1 Å². The van der Waals surface area contributed by atoms with Crippen LogP contribution in [0.4, 0.5) is 0 Å². The fourth-order valence-electron chi connectivity index (χ4n) is 2.16. The van der Waals surface area contributed by atoms with Crippen LogP contribution in [0, 0.1) is 0 Å². The Hall–Kier alpha value is -2.50. The van der Waals surface area contributed by atoms with E-state index in [1.807, 2.05) is 0 Å². The lowest BCUT2D eigenvalue weighted by Crippen LogP contribution is -2.25. The van der Waals surface area contributed by atoms with E-state index in [0.29, 0.717) is 11.1 Å². The molecule has 0 unspecified atom stereocenters. The van der Waals surface area contributed by atoms with E-state index >= 15 is 0 Å². The van der Waals surface area contributed by atoms with Crippen molar-refractivity contribution < 1.29 is 19.1 Å². The van der Waals surface area contributed by atoms with E-state index < -0.39 is 23.0 Å². The Balaban J connectivity index is 2.07. The summed E-state index contributed by atoms with van der Waals surface area (Å²) in [6.45, 7) is 6.73. The van der Waals surface area contributed by atoms with Crippen molar-refractivity contribution in [3.05, 3.63) is 35.4 Å². The molecule has 0 bridgehead atoms. The molecule has 22 heavy (non-hydrogen) atoms. The summed E-state index contributed by atoms with van der Waals surface area (Å²) in [5, 5.41) is 0. The second-order valence-electron chi connectivity index (χ2n) is 6.28. The zero-order chi connectivity index (χ0) is 16.1. The van der Waals surface area contributed by atoms with Gasteiger partial charge >= 0.3 is 11.9 Å². The Morgan fingerprint density at radius 1 is 0.773 bits per heavy atom. The molecular formula is C16H16N2O4. The first kappa shape index (κ1) is 14.4. The van der Waals surface area contributed by atoms with Crippen LogP contribution >= 0.6 is 0 Å². The second kappa shape index (κ2) is 4.50. The smallest absolute Gasteiger partial charge is 0.340 e. The highest BCUT2D eigenvalue weighted by Crippen LogP contribution is 2.27. The van der Waals surface area contributed by atoms with Crippen LogP contribution in [0.25, 0.3) is 0 Å². The number of esters is 2. The molecule has 0 spiro atoms. The van der Waals surface area contributed by atoms with E-state index in [0.717, 1.165) is 0 Å². The van der Waals surface area contributed by atoms with Gasteiger partial charge in [-0.05, 0) is 39.8 Å². The van der Waals surface area contributed by atoms with Gasteiger partial charge in [0.15, 0.2) is 11.1 Å². The molecule has 0 radical (unpaired) electrons. The number of aliphatic imine (C=N–C) groups is 2. The molecule has 6 nitrogen and oxygen atoms in total. The van der Waals surface area contributed by atoms with Crippen LogP contribution in [0.1, 0.15) is 38.8 Å². The van der Waals surface area contributed by atoms with Gasteiger partial charge in [0.05, 0.1) is 0 Å². The van der Waals surface area contributed by atoms with Crippen LogP contribution in [0.3, 0.4) is 0 Å². The molecule has 0 fully saturated rings. The quantitative estimate of drug-likeness (QED) is 0.781. The summed E-state index contributed by atoms with van der Waals surface area (Å²) in [6, 6.07) is 7.10. The summed E-state index contributed by atoms with van der Waals surface area (Å²) in [7, 11) is 0. The maximum Gasteiger partial charge on any atom is 0.340 e. The first-order chi connectivity index (χ1) is 10.2. The van der Waals surface area contributed by atoms with Gasteiger partial charge in [-0.2, -0.15) is 0 Å². The van der Waals surface area contributed by atoms with E-state index in [9.17, 15) is 9.59 Å². The van der Waals surface area contributed by atoms with Crippen LogP contribution in [0.5, 0.6) is 0 Å². The van der Waals surface area contributed by atoms with Crippen molar-refractivity contribution in [2.75, 3.05) is 0 Å². The van der Waals surface area contributed by atoms with Gasteiger partial charge in [-0.3, -0.25) is 0 Å². The minimum Gasteiger partial charge on any atom is -0.405 e. The first-order valence-electron chi connectivity index (χ1n) is 6.95. The zero-order valence-corrected chi connectivity index (χ0v) is 12.8. The molecule has 0 amide bonds. The molecule has 0 saturated carbocycles. The number of hydrogen-bond acceptors (Lipinski definition) is 6. The Bertz CT molecular complexity index is 681. The Morgan fingerprint density at radius 3 is 1.41 bits per heavy atom. The molecule has 0 aliphatic carbocycles. The third-order valence-corrected chi connectivity index (χ3v) is 3.53. The SMILES string of the molecule is CC1(C)N=C(c2ccccc2C2=NC(C)(C)C(=O)O2)OC1=O. The molecule has 6 heteroatoms. The molecule has 1 aromatic rings. The van der Waals surface area contributed by atoms with Gasteiger partial charge in [-0.15, -0.1) is 0 Å². The highest BCUT2D eigenvalue weighted by atomic mass is 16.6. The highest BCUT2D eigenvalue weighted by molar-refractivity contribution is 6.16. The van der Waals surface area contributed by atoms with Gasteiger partial charge in [-0.1, -0.05) is 12.1 Å². The van der Waals surface area contributed by atoms with E-state index in [-0.39, 0.29) is 11.8 Å². The lowest BCUT2D eigenvalue weighted by Gasteiger charge is -2.07. The van der Waals surface area contributed by atoms with Gasteiger partial charge in [0.1, 0.15) is 0 Å². The molecule has 114 valence electrons. The first-order valence-corrected chi connectivity index (χ1v) is 6.95. The Kier molecular flexibility index (Phi) is 2.95. The highest BCUT2D eigenvalue weighted by Gasteiger charge is 2.41. The number of cyclic esters (lactones) is 2. The predicted octanol–water partition coefficient (Wildman–Crippen LogP) is 1.85. The van der Waals surface area contributed by atoms with E-state index in [4.69, 9.17) is 9.47 Å². The Morgan fingerprint density at radius 2 is 1.14 bits per heavy atom. The van der Waals surface area contributed by atoms with E-state index in [1.54, 1.807) is 52.0 Å². The minimum atomic E-state index is -0.921. The predicted molar refractivity (Wildman–Crippen MR) is 79.9 cm³/mol. The largest absolute Gasteiger partial charge is 0.405 e. The number of rotatable bonds is 2. The van der Waals surface area contributed by atoms with Crippen molar-refractivity contribution in [2.24, 2.45) is 9.98 Å². The topological polar surface area (TPSA) is 77.3 Å². The molecule has 0 aromatic heterocycles. The van der Waals surface area contributed by atoms with Gasteiger partial charge in [-0.25, -0.2) is 19.6 Å². The lowest BCUT2D eigenvalue weighted by molar-refractivity contribution is -0.138. The number of ether oxygens (including phenoxy) is 2.